The number of rotatable bonds is 4. The van der Waals surface area contributed by atoms with Gasteiger partial charge >= 0.3 is 0 Å². The molecule has 0 heterocycles. The lowest BCUT2D eigenvalue weighted by atomic mass is 10.1. The fraction of sp³-hybridized carbons (Fsp3) is 0.188. The van der Waals surface area contributed by atoms with Gasteiger partial charge in [-0.3, -0.25) is 4.79 Å². The number of amides is 1. The van der Waals surface area contributed by atoms with Crippen molar-refractivity contribution in [2.24, 2.45) is 5.73 Å². The summed E-state index contributed by atoms with van der Waals surface area (Å²) < 4.78 is 13.2. The lowest BCUT2D eigenvalue weighted by Gasteiger charge is -2.17. The molecule has 0 unspecified atom stereocenters. The Labute approximate surface area is 117 Å². The number of nitrogens with zero attached hydrogens (tertiary/aromatic N) is 1. The molecule has 3 nitrogen and oxygen atoms in total. The van der Waals surface area contributed by atoms with Crippen LogP contribution in [0.5, 0.6) is 0 Å². The molecule has 2 rings (SSSR count). The predicted octanol–water partition coefficient (Wildman–Crippen LogP) is 2.49. The van der Waals surface area contributed by atoms with Gasteiger partial charge in [-0.25, -0.2) is 4.39 Å². The van der Waals surface area contributed by atoms with Gasteiger partial charge in [0.05, 0.1) is 6.42 Å². The quantitative estimate of drug-likeness (QED) is 0.929. The summed E-state index contributed by atoms with van der Waals surface area (Å²) in [6, 6.07) is 13.6. The van der Waals surface area contributed by atoms with Crippen molar-refractivity contribution >= 4 is 11.6 Å². The molecule has 0 aromatic heterocycles. The molecule has 0 bridgehead atoms. The van der Waals surface area contributed by atoms with Gasteiger partial charge in [0.15, 0.2) is 0 Å². The van der Waals surface area contributed by atoms with Crippen molar-refractivity contribution in [1.82, 2.24) is 0 Å². The minimum absolute atomic E-state index is 0.0869. The molecule has 1 amide bonds. The van der Waals surface area contributed by atoms with Crippen molar-refractivity contribution in [3.05, 3.63) is 65.5 Å². The molecule has 2 aromatic rings. The van der Waals surface area contributed by atoms with Crippen molar-refractivity contribution < 1.29 is 9.18 Å². The van der Waals surface area contributed by atoms with Crippen LogP contribution in [0, 0.1) is 5.82 Å². The molecule has 2 aromatic carbocycles. The van der Waals surface area contributed by atoms with E-state index in [1.165, 1.54) is 17.0 Å². The summed E-state index contributed by atoms with van der Waals surface area (Å²) in [5, 5.41) is 0. The topological polar surface area (TPSA) is 46.3 Å². The van der Waals surface area contributed by atoms with Crippen LogP contribution in [0.25, 0.3) is 0 Å². The van der Waals surface area contributed by atoms with Gasteiger partial charge in [0.25, 0.3) is 0 Å². The van der Waals surface area contributed by atoms with Crippen molar-refractivity contribution in [2.45, 2.75) is 13.0 Å². The first-order valence-electron chi connectivity index (χ1n) is 6.40. The second kappa shape index (κ2) is 6.30. The zero-order valence-corrected chi connectivity index (χ0v) is 11.3. The first-order chi connectivity index (χ1) is 9.60. The third kappa shape index (κ3) is 3.42. The van der Waals surface area contributed by atoms with Gasteiger partial charge in [-0.1, -0.05) is 30.3 Å². The normalized spacial score (nSPS) is 10.3. The Morgan fingerprint density at radius 3 is 2.40 bits per heavy atom. The van der Waals surface area contributed by atoms with E-state index in [0.717, 1.165) is 11.1 Å². The summed E-state index contributed by atoms with van der Waals surface area (Å²) in [7, 11) is 1.64. The van der Waals surface area contributed by atoms with Crippen molar-refractivity contribution in [3.8, 4) is 0 Å². The molecular formula is C16H17FN2O. The zero-order chi connectivity index (χ0) is 14.5. The zero-order valence-electron chi connectivity index (χ0n) is 11.3. The molecule has 0 atom stereocenters. The summed E-state index contributed by atoms with van der Waals surface area (Å²) >= 11 is 0. The van der Waals surface area contributed by atoms with E-state index in [9.17, 15) is 9.18 Å². The summed E-state index contributed by atoms with van der Waals surface area (Å²) in [4.78, 5) is 13.6. The van der Waals surface area contributed by atoms with Crippen LogP contribution >= 0.6 is 0 Å². The van der Waals surface area contributed by atoms with Crippen LogP contribution in [0.3, 0.4) is 0 Å². The van der Waals surface area contributed by atoms with E-state index in [4.69, 9.17) is 5.73 Å². The molecule has 0 aliphatic carbocycles. The van der Waals surface area contributed by atoms with E-state index in [2.05, 4.69) is 0 Å². The fourth-order valence-corrected chi connectivity index (χ4v) is 1.92. The number of anilines is 1. The maximum absolute atomic E-state index is 13.2. The molecule has 0 saturated heterocycles. The highest BCUT2D eigenvalue weighted by Gasteiger charge is 2.12. The summed E-state index contributed by atoms with van der Waals surface area (Å²) in [5.41, 5.74) is 8.02. The average Bonchev–Trinajstić information content (AvgIpc) is 2.47. The van der Waals surface area contributed by atoms with E-state index >= 15 is 0 Å². The highest BCUT2D eigenvalue weighted by molar-refractivity contribution is 5.94. The largest absolute Gasteiger partial charge is 0.326 e. The van der Waals surface area contributed by atoms with Gasteiger partial charge in [-0.05, 0) is 29.3 Å². The van der Waals surface area contributed by atoms with Gasteiger partial charge in [0, 0.05) is 19.3 Å². The molecule has 0 saturated carbocycles. The third-order valence-corrected chi connectivity index (χ3v) is 3.18. The van der Waals surface area contributed by atoms with Crippen LogP contribution < -0.4 is 10.6 Å². The summed E-state index contributed by atoms with van der Waals surface area (Å²) in [6.45, 7) is 0.484. The Balaban J connectivity index is 2.07. The summed E-state index contributed by atoms with van der Waals surface area (Å²) in [6.07, 6.45) is 0.276. The third-order valence-electron chi connectivity index (χ3n) is 3.18. The second-order valence-electron chi connectivity index (χ2n) is 4.63. The van der Waals surface area contributed by atoms with E-state index in [1.807, 2.05) is 24.3 Å². The van der Waals surface area contributed by atoms with Gasteiger partial charge in [0.2, 0.25) is 5.91 Å². The lowest BCUT2D eigenvalue weighted by molar-refractivity contribution is -0.117. The van der Waals surface area contributed by atoms with E-state index < -0.39 is 0 Å². The molecule has 0 fully saturated rings. The highest BCUT2D eigenvalue weighted by Crippen LogP contribution is 2.15. The van der Waals surface area contributed by atoms with E-state index in [-0.39, 0.29) is 18.1 Å². The minimum Gasteiger partial charge on any atom is -0.326 e. The minimum atomic E-state index is -0.352. The number of likely N-dealkylation sites (N-methyl/N-ethyl adjacent to an activating group) is 1. The number of carbonyl (C=O) groups excluding carboxylic acids is 1. The Morgan fingerprint density at radius 2 is 1.80 bits per heavy atom. The van der Waals surface area contributed by atoms with Crippen molar-refractivity contribution in [2.75, 3.05) is 11.9 Å². The van der Waals surface area contributed by atoms with E-state index in [0.29, 0.717) is 12.2 Å². The lowest BCUT2D eigenvalue weighted by Crippen LogP contribution is -2.27. The predicted molar refractivity (Wildman–Crippen MR) is 77.8 cm³/mol. The molecule has 0 radical (unpaired) electrons. The highest BCUT2D eigenvalue weighted by atomic mass is 19.1. The molecule has 0 aliphatic rings. The second-order valence-corrected chi connectivity index (χ2v) is 4.63. The van der Waals surface area contributed by atoms with E-state index in [1.54, 1.807) is 19.2 Å². The molecule has 0 aliphatic heterocycles. The monoisotopic (exact) mass is 272 g/mol. The summed E-state index contributed by atoms with van der Waals surface area (Å²) in [5.74, 6) is -0.439. The maximum Gasteiger partial charge on any atom is 0.231 e. The van der Waals surface area contributed by atoms with Crippen LogP contribution in [0.15, 0.2) is 48.5 Å². The Kier molecular flexibility index (Phi) is 4.48. The molecule has 2 N–H and O–H groups in total. The fourth-order valence-electron chi connectivity index (χ4n) is 1.92. The van der Waals surface area contributed by atoms with Gasteiger partial charge < -0.3 is 10.6 Å². The molecular weight excluding hydrogens is 255 g/mol. The van der Waals surface area contributed by atoms with Crippen LogP contribution in [0.1, 0.15) is 11.1 Å². The standard InChI is InChI=1S/C16H17FN2O/c1-19(15-4-2-3-14(17)10-15)16(20)9-12-5-7-13(11-18)8-6-12/h2-8,10H,9,11,18H2,1H3. The average molecular weight is 272 g/mol. The smallest absolute Gasteiger partial charge is 0.231 e. The van der Waals surface area contributed by atoms with Crippen molar-refractivity contribution in [1.29, 1.82) is 0 Å². The number of carbonyl (C=O) groups is 1. The number of hydrogen-bond donors (Lipinski definition) is 1. The van der Waals surface area contributed by atoms with Crippen molar-refractivity contribution in [3.63, 3.8) is 0 Å². The van der Waals surface area contributed by atoms with Crippen LogP contribution in [0.4, 0.5) is 10.1 Å². The van der Waals surface area contributed by atoms with Crippen LogP contribution in [-0.4, -0.2) is 13.0 Å². The van der Waals surface area contributed by atoms with Crippen LogP contribution in [-0.2, 0) is 17.8 Å². The number of benzene rings is 2. The number of hydrogen-bond acceptors (Lipinski definition) is 2. The van der Waals surface area contributed by atoms with Gasteiger partial charge in [0.1, 0.15) is 5.82 Å². The van der Waals surface area contributed by atoms with Gasteiger partial charge in [-0.15, -0.1) is 0 Å². The first-order valence-corrected chi connectivity index (χ1v) is 6.40. The number of nitrogens with two attached hydrogens (primary N) is 1. The molecule has 104 valence electrons. The number of halogens is 1. The SMILES string of the molecule is CN(C(=O)Cc1ccc(CN)cc1)c1cccc(F)c1. The maximum atomic E-state index is 13.2. The molecule has 4 heteroatoms. The first kappa shape index (κ1) is 14.2. The van der Waals surface area contributed by atoms with Crippen LogP contribution in [0.2, 0.25) is 0 Å². The Bertz CT molecular complexity index is 596. The Morgan fingerprint density at radius 1 is 1.15 bits per heavy atom. The molecule has 20 heavy (non-hydrogen) atoms. The Hall–Kier alpha value is -2.20. The van der Waals surface area contributed by atoms with Gasteiger partial charge in [-0.2, -0.15) is 0 Å². The molecule has 0 spiro atoms.